The lowest BCUT2D eigenvalue weighted by atomic mass is 10.00. The van der Waals surface area contributed by atoms with E-state index in [-0.39, 0.29) is 5.60 Å². The van der Waals surface area contributed by atoms with Gasteiger partial charge in [-0.2, -0.15) is 0 Å². The molecule has 1 saturated carbocycles. The predicted octanol–water partition coefficient (Wildman–Crippen LogP) is 3.06. The smallest absolute Gasteiger partial charge is 0.123 e. The molecule has 0 radical (unpaired) electrons. The fraction of sp³-hybridized carbons (Fsp3) is 0.647. The van der Waals surface area contributed by atoms with Crippen molar-refractivity contribution < 1.29 is 9.47 Å². The summed E-state index contributed by atoms with van der Waals surface area (Å²) in [5.41, 5.74) is 2.62. The van der Waals surface area contributed by atoms with Crippen LogP contribution in [-0.4, -0.2) is 24.9 Å². The third kappa shape index (κ3) is 2.84. The van der Waals surface area contributed by atoms with Crippen LogP contribution in [0.15, 0.2) is 18.2 Å². The van der Waals surface area contributed by atoms with Gasteiger partial charge in [-0.1, -0.05) is 12.1 Å². The Labute approximate surface area is 121 Å². The van der Waals surface area contributed by atoms with Crippen LogP contribution in [0.2, 0.25) is 0 Å². The van der Waals surface area contributed by atoms with Gasteiger partial charge in [0.25, 0.3) is 0 Å². The van der Waals surface area contributed by atoms with Crippen LogP contribution >= 0.6 is 0 Å². The zero-order chi connectivity index (χ0) is 14.2. The minimum Gasteiger partial charge on any atom is -0.487 e. The lowest BCUT2D eigenvalue weighted by molar-refractivity contribution is 0.0847. The van der Waals surface area contributed by atoms with Crippen molar-refractivity contribution in [3.8, 4) is 5.75 Å². The first-order valence-corrected chi connectivity index (χ1v) is 7.64. The molecule has 1 aromatic carbocycles. The molecule has 1 N–H and O–H groups in total. The minimum atomic E-state index is -0.0546. The maximum absolute atomic E-state index is 5.92. The molecule has 3 heteroatoms. The first-order valence-electron chi connectivity index (χ1n) is 7.64. The standard InChI is InChI=1S/C17H25NO2/c1-17(2)10-13-9-12(7-8-15(13)20-17)11-18-14-5-4-6-16(14)19-3/h7-9,14,16,18H,4-6,10-11H2,1-3H3. The SMILES string of the molecule is COC1CCCC1NCc1ccc2c(c1)CC(C)(C)O2. The van der Waals surface area contributed by atoms with E-state index in [4.69, 9.17) is 9.47 Å². The van der Waals surface area contributed by atoms with Gasteiger partial charge in [-0.3, -0.25) is 0 Å². The third-order valence-electron chi connectivity index (χ3n) is 4.45. The zero-order valence-corrected chi connectivity index (χ0v) is 12.7. The van der Waals surface area contributed by atoms with Gasteiger partial charge in [0.2, 0.25) is 0 Å². The van der Waals surface area contributed by atoms with Gasteiger partial charge in [0.1, 0.15) is 11.4 Å². The van der Waals surface area contributed by atoms with Crippen molar-refractivity contribution in [3.05, 3.63) is 29.3 Å². The summed E-state index contributed by atoms with van der Waals surface area (Å²) in [5, 5.41) is 3.64. The second-order valence-electron chi connectivity index (χ2n) is 6.67. The molecule has 0 amide bonds. The molecule has 1 heterocycles. The minimum absolute atomic E-state index is 0.0546. The summed E-state index contributed by atoms with van der Waals surface area (Å²) in [6.07, 6.45) is 5.05. The van der Waals surface area contributed by atoms with Crippen LogP contribution in [0, 0.1) is 0 Å². The van der Waals surface area contributed by atoms with Gasteiger partial charge in [-0.25, -0.2) is 0 Å². The summed E-state index contributed by atoms with van der Waals surface area (Å²) in [4.78, 5) is 0. The van der Waals surface area contributed by atoms with Crippen molar-refractivity contribution in [2.45, 2.75) is 63.8 Å². The lowest BCUT2D eigenvalue weighted by Gasteiger charge is -2.19. The number of hydrogen-bond acceptors (Lipinski definition) is 3. The van der Waals surface area contributed by atoms with E-state index in [0.717, 1.165) is 18.7 Å². The van der Waals surface area contributed by atoms with Crippen molar-refractivity contribution >= 4 is 0 Å². The van der Waals surface area contributed by atoms with E-state index in [1.165, 1.54) is 30.4 Å². The normalized spacial score (nSPS) is 27.4. The summed E-state index contributed by atoms with van der Waals surface area (Å²) in [7, 11) is 1.82. The Balaban J connectivity index is 1.62. The largest absolute Gasteiger partial charge is 0.487 e. The first-order chi connectivity index (χ1) is 9.57. The molecule has 2 aliphatic rings. The monoisotopic (exact) mass is 275 g/mol. The topological polar surface area (TPSA) is 30.5 Å². The molecule has 2 atom stereocenters. The van der Waals surface area contributed by atoms with E-state index < -0.39 is 0 Å². The van der Waals surface area contributed by atoms with Crippen LogP contribution in [0.1, 0.15) is 44.2 Å². The molecule has 0 spiro atoms. The molecule has 20 heavy (non-hydrogen) atoms. The third-order valence-corrected chi connectivity index (χ3v) is 4.45. The summed E-state index contributed by atoms with van der Waals surface area (Å²) in [5.74, 6) is 1.05. The molecule has 110 valence electrons. The highest BCUT2D eigenvalue weighted by Crippen LogP contribution is 2.35. The number of benzene rings is 1. The molecule has 0 saturated heterocycles. The van der Waals surface area contributed by atoms with Gasteiger partial charge in [-0.05, 0) is 50.3 Å². The average Bonchev–Trinajstić information content (AvgIpc) is 2.97. The van der Waals surface area contributed by atoms with Crippen molar-refractivity contribution in [1.82, 2.24) is 5.32 Å². The average molecular weight is 275 g/mol. The first kappa shape index (κ1) is 13.9. The van der Waals surface area contributed by atoms with E-state index in [0.29, 0.717) is 12.1 Å². The molecule has 1 aliphatic heterocycles. The van der Waals surface area contributed by atoms with Gasteiger partial charge in [0.05, 0.1) is 6.10 Å². The second-order valence-corrected chi connectivity index (χ2v) is 6.67. The van der Waals surface area contributed by atoms with Crippen LogP contribution < -0.4 is 10.1 Å². The Hall–Kier alpha value is -1.06. The Morgan fingerprint density at radius 1 is 1.35 bits per heavy atom. The van der Waals surface area contributed by atoms with Gasteiger partial charge < -0.3 is 14.8 Å². The fourth-order valence-corrected chi connectivity index (χ4v) is 3.46. The van der Waals surface area contributed by atoms with Gasteiger partial charge in [0, 0.05) is 26.1 Å². The Kier molecular flexibility index (Phi) is 3.74. The van der Waals surface area contributed by atoms with Crippen LogP contribution in [0.5, 0.6) is 5.75 Å². The van der Waals surface area contributed by atoms with Crippen molar-refractivity contribution in [2.24, 2.45) is 0 Å². The lowest BCUT2D eigenvalue weighted by Crippen LogP contribution is -2.36. The molecule has 3 nitrogen and oxygen atoms in total. The van der Waals surface area contributed by atoms with E-state index >= 15 is 0 Å². The number of ether oxygens (including phenoxy) is 2. The fourth-order valence-electron chi connectivity index (χ4n) is 3.46. The summed E-state index contributed by atoms with van der Waals surface area (Å²) in [6.45, 7) is 5.21. The summed E-state index contributed by atoms with van der Waals surface area (Å²) >= 11 is 0. The van der Waals surface area contributed by atoms with E-state index in [1.807, 2.05) is 7.11 Å². The van der Waals surface area contributed by atoms with E-state index in [9.17, 15) is 0 Å². The van der Waals surface area contributed by atoms with E-state index in [2.05, 4.69) is 37.4 Å². The van der Waals surface area contributed by atoms with Crippen LogP contribution in [0.3, 0.4) is 0 Å². The van der Waals surface area contributed by atoms with Gasteiger partial charge in [-0.15, -0.1) is 0 Å². The number of nitrogens with one attached hydrogen (secondary N) is 1. The molecule has 1 aliphatic carbocycles. The van der Waals surface area contributed by atoms with Crippen molar-refractivity contribution in [1.29, 1.82) is 0 Å². The van der Waals surface area contributed by atoms with E-state index in [1.54, 1.807) is 0 Å². The second kappa shape index (κ2) is 5.38. The van der Waals surface area contributed by atoms with Gasteiger partial charge in [0.15, 0.2) is 0 Å². The molecule has 2 unspecified atom stereocenters. The number of hydrogen-bond donors (Lipinski definition) is 1. The van der Waals surface area contributed by atoms with Crippen molar-refractivity contribution in [2.75, 3.05) is 7.11 Å². The molecule has 0 aromatic heterocycles. The maximum atomic E-state index is 5.92. The Morgan fingerprint density at radius 3 is 3.00 bits per heavy atom. The number of rotatable bonds is 4. The van der Waals surface area contributed by atoms with Crippen LogP contribution in [0.4, 0.5) is 0 Å². The molecule has 1 aromatic rings. The molecule has 1 fully saturated rings. The summed E-state index contributed by atoms with van der Waals surface area (Å²) in [6, 6.07) is 7.07. The highest BCUT2D eigenvalue weighted by molar-refractivity contribution is 5.41. The molecular formula is C17H25NO2. The summed E-state index contributed by atoms with van der Waals surface area (Å²) < 4.78 is 11.5. The maximum Gasteiger partial charge on any atom is 0.123 e. The Morgan fingerprint density at radius 2 is 2.20 bits per heavy atom. The predicted molar refractivity (Wildman–Crippen MR) is 80.1 cm³/mol. The highest BCUT2D eigenvalue weighted by atomic mass is 16.5. The molecule has 0 bridgehead atoms. The number of methoxy groups -OCH3 is 1. The van der Waals surface area contributed by atoms with Crippen LogP contribution in [0.25, 0.3) is 0 Å². The highest BCUT2D eigenvalue weighted by Gasteiger charge is 2.30. The van der Waals surface area contributed by atoms with Crippen LogP contribution in [-0.2, 0) is 17.7 Å². The quantitative estimate of drug-likeness (QED) is 0.916. The van der Waals surface area contributed by atoms with Gasteiger partial charge >= 0.3 is 0 Å². The number of fused-ring (bicyclic) bond motifs is 1. The van der Waals surface area contributed by atoms with Crippen molar-refractivity contribution in [3.63, 3.8) is 0 Å². The Bertz CT molecular complexity index is 484. The molecule has 3 rings (SSSR count). The molecular weight excluding hydrogens is 250 g/mol. The zero-order valence-electron chi connectivity index (χ0n) is 12.7.